The van der Waals surface area contributed by atoms with E-state index in [-0.39, 0.29) is 6.03 Å². The number of amides is 2. The van der Waals surface area contributed by atoms with Gasteiger partial charge in [-0.25, -0.2) is 9.59 Å². The fourth-order valence-electron chi connectivity index (χ4n) is 2.42. The Balaban J connectivity index is 2.28. The van der Waals surface area contributed by atoms with Gasteiger partial charge in [0.25, 0.3) is 0 Å². The molecule has 0 aliphatic carbocycles. The number of nitrogens with zero attached hydrogens (tertiary/aromatic N) is 1. The highest BCUT2D eigenvalue weighted by atomic mass is 35.5. The Hall–Kier alpha value is -1.66. The highest BCUT2D eigenvalue weighted by Gasteiger charge is 2.34. The number of urea groups is 1. The topological polar surface area (TPSA) is 58.6 Å². The molecule has 0 fully saturated rings. The second-order valence-corrected chi connectivity index (χ2v) is 7.16. The first-order valence-corrected chi connectivity index (χ1v) is 9.24. The molecule has 1 atom stereocenters. The molecule has 1 aliphatic rings. The molecule has 0 saturated carbocycles. The molecule has 0 saturated heterocycles. The first kappa shape index (κ1) is 18.7. The number of benzene rings is 1. The highest BCUT2D eigenvalue weighted by Crippen LogP contribution is 2.31. The van der Waals surface area contributed by atoms with E-state index in [0.717, 1.165) is 17.1 Å². The molecule has 0 bridgehead atoms. The number of rotatable bonds is 6. The molecule has 1 unspecified atom stereocenters. The molecule has 0 aromatic heterocycles. The minimum absolute atomic E-state index is 0.259. The van der Waals surface area contributed by atoms with Gasteiger partial charge in [-0.05, 0) is 30.4 Å². The Morgan fingerprint density at radius 2 is 2.04 bits per heavy atom. The SMILES string of the molecule is CCSCCOC(=O)C1=C(C)N(C)C(=O)NC1c1ccc(Cl)cc1. The van der Waals surface area contributed by atoms with Gasteiger partial charge in [-0.3, -0.25) is 0 Å². The molecule has 2 rings (SSSR count). The molecule has 1 aromatic rings. The molecular weight excluding hydrogens is 348 g/mol. The number of carbonyl (C=O) groups excluding carboxylic acids is 2. The summed E-state index contributed by atoms with van der Waals surface area (Å²) in [6.45, 7) is 4.15. The van der Waals surface area contributed by atoms with Crippen molar-refractivity contribution in [3.05, 3.63) is 46.1 Å². The number of hydrogen-bond donors (Lipinski definition) is 1. The van der Waals surface area contributed by atoms with Crippen LogP contribution >= 0.6 is 23.4 Å². The maximum Gasteiger partial charge on any atom is 0.338 e. The van der Waals surface area contributed by atoms with Crippen LogP contribution in [-0.2, 0) is 9.53 Å². The predicted molar refractivity (Wildman–Crippen MR) is 97.1 cm³/mol. The largest absolute Gasteiger partial charge is 0.461 e. The molecule has 2 amide bonds. The van der Waals surface area contributed by atoms with Crippen LogP contribution in [0, 0.1) is 0 Å². The van der Waals surface area contributed by atoms with E-state index in [1.54, 1.807) is 50.0 Å². The van der Waals surface area contributed by atoms with E-state index in [4.69, 9.17) is 16.3 Å². The summed E-state index contributed by atoms with van der Waals surface area (Å²) >= 11 is 7.64. The van der Waals surface area contributed by atoms with Crippen molar-refractivity contribution in [2.45, 2.75) is 19.9 Å². The standard InChI is InChI=1S/C17H21ClN2O3S/c1-4-24-10-9-23-16(21)14-11(2)20(3)17(22)19-15(14)12-5-7-13(18)8-6-12/h5-8,15H,4,9-10H2,1-3H3,(H,19,22). The van der Waals surface area contributed by atoms with Crippen molar-refractivity contribution in [1.82, 2.24) is 10.2 Å². The van der Waals surface area contributed by atoms with Gasteiger partial charge in [0, 0.05) is 23.5 Å². The molecule has 0 radical (unpaired) electrons. The van der Waals surface area contributed by atoms with E-state index < -0.39 is 12.0 Å². The molecule has 1 N–H and O–H groups in total. The van der Waals surface area contributed by atoms with Gasteiger partial charge in [0.2, 0.25) is 0 Å². The molecule has 1 aliphatic heterocycles. The number of esters is 1. The minimum atomic E-state index is -0.544. The summed E-state index contributed by atoms with van der Waals surface area (Å²) in [5.74, 6) is 1.32. The lowest BCUT2D eigenvalue weighted by Gasteiger charge is -2.33. The van der Waals surface area contributed by atoms with Crippen LogP contribution < -0.4 is 5.32 Å². The van der Waals surface area contributed by atoms with Crippen LogP contribution in [0.15, 0.2) is 35.5 Å². The smallest absolute Gasteiger partial charge is 0.338 e. The van der Waals surface area contributed by atoms with Gasteiger partial charge >= 0.3 is 12.0 Å². The summed E-state index contributed by atoms with van der Waals surface area (Å²) in [4.78, 5) is 26.1. The summed E-state index contributed by atoms with van der Waals surface area (Å²) in [6.07, 6.45) is 0. The minimum Gasteiger partial charge on any atom is -0.461 e. The fraction of sp³-hybridized carbons (Fsp3) is 0.412. The van der Waals surface area contributed by atoms with Crippen molar-refractivity contribution in [2.75, 3.05) is 25.2 Å². The summed E-state index contributed by atoms with van der Waals surface area (Å²) in [5.41, 5.74) is 1.82. The zero-order valence-electron chi connectivity index (χ0n) is 14.0. The summed E-state index contributed by atoms with van der Waals surface area (Å²) in [5, 5.41) is 3.44. The van der Waals surface area contributed by atoms with Gasteiger partial charge in [0.05, 0.1) is 11.6 Å². The lowest BCUT2D eigenvalue weighted by molar-refractivity contribution is -0.139. The number of nitrogens with one attached hydrogen (secondary N) is 1. The Kier molecular flexibility index (Phi) is 6.57. The van der Waals surface area contributed by atoms with E-state index in [2.05, 4.69) is 12.2 Å². The van der Waals surface area contributed by atoms with Gasteiger partial charge < -0.3 is 15.0 Å². The fourth-order valence-corrected chi connectivity index (χ4v) is 3.04. The Morgan fingerprint density at radius 1 is 1.38 bits per heavy atom. The van der Waals surface area contributed by atoms with E-state index in [0.29, 0.717) is 22.9 Å². The lowest BCUT2D eigenvalue weighted by Crippen LogP contribution is -2.46. The second-order valence-electron chi connectivity index (χ2n) is 5.32. The molecule has 7 heteroatoms. The number of hydrogen-bond acceptors (Lipinski definition) is 4. The van der Waals surface area contributed by atoms with E-state index in [1.807, 2.05) is 0 Å². The zero-order chi connectivity index (χ0) is 17.7. The number of carbonyl (C=O) groups is 2. The van der Waals surface area contributed by atoms with Gasteiger partial charge in [-0.15, -0.1) is 0 Å². The monoisotopic (exact) mass is 368 g/mol. The van der Waals surface area contributed by atoms with E-state index >= 15 is 0 Å². The Bertz CT molecular complexity index is 646. The van der Waals surface area contributed by atoms with Crippen LogP contribution in [0.3, 0.4) is 0 Å². The molecule has 1 aromatic carbocycles. The number of allylic oxidation sites excluding steroid dienone is 1. The van der Waals surface area contributed by atoms with Crippen LogP contribution in [0.4, 0.5) is 4.79 Å². The maximum absolute atomic E-state index is 12.6. The third-order valence-corrected chi connectivity index (χ3v) is 4.96. The Morgan fingerprint density at radius 3 is 2.67 bits per heavy atom. The van der Waals surface area contributed by atoms with E-state index in [1.165, 1.54) is 4.90 Å². The first-order chi connectivity index (χ1) is 11.5. The average molecular weight is 369 g/mol. The second kappa shape index (κ2) is 8.44. The van der Waals surface area contributed by atoms with Gasteiger partial charge in [0.15, 0.2) is 0 Å². The summed E-state index contributed by atoms with van der Waals surface area (Å²) < 4.78 is 5.39. The number of halogens is 1. The Labute approximate surface area is 151 Å². The normalized spacial score (nSPS) is 17.8. The number of thioether (sulfide) groups is 1. The molecule has 1 heterocycles. The third-order valence-electron chi connectivity index (χ3n) is 3.84. The quantitative estimate of drug-likeness (QED) is 0.615. The third kappa shape index (κ3) is 4.24. The molecule has 24 heavy (non-hydrogen) atoms. The van der Waals surface area contributed by atoms with Crippen LogP contribution in [0.25, 0.3) is 0 Å². The van der Waals surface area contributed by atoms with E-state index in [9.17, 15) is 9.59 Å². The van der Waals surface area contributed by atoms with Crippen LogP contribution in [0.5, 0.6) is 0 Å². The zero-order valence-corrected chi connectivity index (χ0v) is 15.5. The van der Waals surface area contributed by atoms with Crippen LogP contribution in [-0.4, -0.2) is 42.1 Å². The molecule has 130 valence electrons. The van der Waals surface area contributed by atoms with Crippen molar-refractivity contribution in [3.8, 4) is 0 Å². The van der Waals surface area contributed by atoms with Crippen molar-refractivity contribution in [1.29, 1.82) is 0 Å². The lowest BCUT2D eigenvalue weighted by atomic mass is 9.95. The molecule has 5 nitrogen and oxygen atoms in total. The molecular formula is C17H21ClN2O3S. The van der Waals surface area contributed by atoms with Crippen LogP contribution in [0.1, 0.15) is 25.5 Å². The average Bonchev–Trinajstić information content (AvgIpc) is 2.57. The van der Waals surface area contributed by atoms with Crippen LogP contribution in [0.2, 0.25) is 5.02 Å². The van der Waals surface area contributed by atoms with Crippen molar-refractivity contribution >= 4 is 35.4 Å². The predicted octanol–water partition coefficient (Wildman–Crippen LogP) is 3.61. The van der Waals surface area contributed by atoms with Gasteiger partial charge in [0.1, 0.15) is 6.61 Å². The van der Waals surface area contributed by atoms with Gasteiger partial charge in [-0.2, -0.15) is 11.8 Å². The highest BCUT2D eigenvalue weighted by molar-refractivity contribution is 7.99. The summed E-state index contributed by atoms with van der Waals surface area (Å²) in [7, 11) is 1.63. The molecule has 0 spiro atoms. The van der Waals surface area contributed by atoms with Crippen molar-refractivity contribution < 1.29 is 14.3 Å². The number of ether oxygens (including phenoxy) is 1. The first-order valence-electron chi connectivity index (χ1n) is 7.71. The maximum atomic E-state index is 12.6. The van der Waals surface area contributed by atoms with Crippen molar-refractivity contribution in [3.63, 3.8) is 0 Å². The summed E-state index contributed by atoms with van der Waals surface area (Å²) in [6, 6.07) is 6.26. The van der Waals surface area contributed by atoms with Crippen molar-refractivity contribution in [2.24, 2.45) is 0 Å². The van der Waals surface area contributed by atoms with Gasteiger partial charge in [-0.1, -0.05) is 30.7 Å².